The third-order valence-electron chi connectivity index (χ3n) is 4.73. The van der Waals surface area contributed by atoms with Crippen molar-refractivity contribution < 1.29 is 18.7 Å². The van der Waals surface area contributed by atoms with Gasteiger partial charge in [0.1, 0.15) is 17.6 Å². The van der Waals surface area contributed by atoms with Crippen molar-refractivity contribution in [1.82, 2.24) is 10.2 Å². The van der Waals surface area contributed by atoms with Gasteiger partial charge in [-0.3, -0.25) is 9.59 Å². The maximum absolute atomic E-state index is 13.2. The van der Waals surface area contributed by atoms with E-state index in [0.29, 0.717) is 5.75 Å². The van der Waals surface area contributed by atoms with Gasteiger partial charge in [-0.2, -0.15) is 0 Å². The molecular formula is C23H29FN2O3. The average Bonchev–Trinajstić information content (AvgIpc) is 2.70. The Morgan fingerprint density at radius 1 is 1.10 bits per heavy atom. The molecule has 6 heteroatoms. The molecule has 0 aromatic heterocycles. The van der Waals surface area contributed by atoms with Crippen LogP contribution < -0.4 is 10.1 Å². The highest BCUT2D eigenvalue weighted by atomic mass is 19.1. The molecule has 0 bridgehead atoms. The van der Waals surface area contributed by atoms with Crippen LogP contribution in [0, 0.1) is 5.82 Å². The molecule has 0 aliphatic carbocycles. The van der Waals surface area contributed by atoms with E-state index in [1.165, 1.54) is 24.1 Å². The highest BCUT2D eigenvalue weighted by molar-refractivity contribution is 5.87. The van der Waals surface area contributed by atoms with E-state index in [4.69, 9.17) is 4.74 Å². The number of halogens is 1. The first-order valence-electron chi connectivity index (χ1n) is 9.61. The number of nitrogens with zero attached hydrogens (tertiary/aromatic N) is 1. The van der Waals surface area contributed by atoms with Crippen molar-refractivity contribution >= 4 is 11.8 Å². The Morgan fingerprint density at radius 2 is 1.72 bits per heavy atom. The molecule has 0 radical (unpaired) electrons. The van der Waals surface area contributed by atoms with E-state index < -0.39 is 6.04 Å². The van der Waals surface area contributed by atoms with Gasteiger partial charge < -0.3 is 15.0 Å². The van der Waals surface area contributed by atoms with Crippen LogP contribution in [0.15, 0.2) is 48.5 Å². The number of carbonyl (C=O) groups excluding carboxylic acids is 2. The van der Waals surface area contributed by atoms with E-state index in [1.54, 1.807) is 19.1 Å². The molecule has 2 aromatic rings. The molecule has 5 nitrogen and oxygen atoms in total. The summed E-state index contributed by atoms with van der Waals surface area (Å²) < 4.78 is 19.0. The van der Waals surface area contributed by atoms with Crippen molar-refractivity contribution in [2.45, 2.75) is 45.7 Å². The minimum Gasteiger partial charge on any atom is -0.483 e. The van der Waals surface area contributed by atoms with E-state index in [-0.39, 0.29) is 36.2 Å². The minimum atomic E-state index is -0.695. The van der Waals surface area contributed by atoms with Gasteiger partial charge in [-0.15, -0.1) is 0 Å². The highest BCUT2D eigenvalue weighted by Gasteiger charge is 2.26. The molecule has 0 unspecified atom stereocenters. The maximum atomic E-state index is 13.2. The normalized spacial score (nSPS) is 12.2. The molecule has 156 valence electrons. The Bertz CT molecular complexity index is 844. The summed E-state index contributed by atoms with van der Waals surface area (Å²) in [5, 5.41) is 2.56. The summed E-state index contributed by atoms with van der Waals surface area (Å²) in [5.41, 5.74) is 1.59. The quantitative estimate of drug-likeness (QED) is 0.772. The lowest BCUT2D eigenvalue weighted by molar-refractivity contribution is -0.142. The van der Waals surface area contributed by atoms with Crippen molar-refractivity contribution in [3.05, 3.63) is 65.5 Å². The van der Waals surface area contributed by atoms with Crippen LogP contribution in [-0.2, 0) is 21.5 Å². The average molecular weight is 400 g/mol. The number of amides is 2. The lowest BCUT2D eigenvalue weighted by atomic mass is 9.86. The number of rotatable bonds is 7. The van der Waals surface area contributed by atoms with Crippen LogP contribution in [0.3, 0.4) is 0 Å². The summed E-state index contributed by atoms with van der Waals surface area (Å²) in [6.45, 7) is 7.86. The molecule has 29 heavy (non-hydrogen) atoms. The Labute approximate surface area is 171 Å². The van der Waals surface area contributed by atoms with Crippen LogP contribution >= 0.6 is 0 Å². The van der Waals surface area contributed by atoms with Crippen molar-refractivity contribution in [3.63, 3.8) is 0 Å². The van der Waals surface area contributed by atoms with Crippen molar-refractivity contribution in [3.8, 4) is 5.75 Å². The maximum Gasteiger partial charge on any atom is 0.261 e. The standard InChI is InChI=1S/C23H29FN2O3/c1-16(22(28)25-5)26(14-17-10-12-18(24)13-11-17)21(27)15-29-20-9-7-6-8-19(20)23(2,3)4/h6-13,16H,14-15H2,1-5H3,(H,25,28)/t16-/m1/s1. The van der Waals surface area contributed by atoms with Gasteiger partial charge in [0, 0.05) is 13.6 Å². The van der Waals surface area contributed by atoms with Crippen molar-refractivity contribution in [2.24, 2.45) is 0 Å². The first kappa shape index (κ1) is 22.4. The summed E-state index contributed by atoms with van der Waals surface area (Å²) in [6.07, 6.45) is 0. The summed E-state index contributed by atoms with van der Waals surface area (Å²) >= 11 is 0. The van der Waals surface area contributed by atoms with Gasteiger partial charge in [0.25, 0.3) is 5.91 Å². The van der Waals surface area contributed by atoms with E-state index in [0.717, 1.165) is 11.1 Å². The number of nitrogens with one attached hydrogen (secondary N) is 1. The summed E-state index contributed by atoms with van der Waals surface area (Å²) in [7, 11) is 1.52. The second-order valence-electron chi connectivity index (χ2n) is 7.97. The largest absolute Gasteiger partial charge is 0.483 e. The third-order valence-corrected chi connectivity index (χ3v) is 4.73. The predicted molar refractivity (Wildman–Crippen MR) is 111 cm³/mol. The number of likely N-dealkylation sites (N-methyl/N-ethyl adjacent to an activating group) is 1. The monoisotopic (exact) mass is 400 g/mol. The Hall–Kier alpha value is -2.89. The summed E-state index contributed by atoms with van der Waals surface area (Å²) in [5.74, 6) is -0.319. The summed E-state index contributed by atoms with van der Waals surface area (Å²) in [4.78, 5) is 26.5. The minimum absolute atomic E-state index is 0.136. The van der Waals surface area contributed by atoms with Gasteiger partial charge in [-0.1, -0.05) is 51.1 Å². The van der Waals surface area contributed by atoms with E-state index in [1.807, 2.05) is 24.3 Å². The number of hydrogen-bond donors (Lipinski definition) is 1. The molecule has 0 heterocycles. The van der Waals surface area contributed by atoms with Crippen LogP contribution in [0.5, 0.6) is 5.75 Å². The second kappa shape index (κ2) is 9.54. The van der Waals surface area contributed by atoms with Gasteiger partial charge in [-0.05, 0) is 41.7 Å². The third kappa shape index (κ3) is 6.04. The summed E-state index contributed by atoms with van der Waals surface area (Å²) in [6, 6.07) is 12.8. The van der Waals surface area contributed by atoms with Gasteiger partial charge in [-0.25, -0.2) is 4.39 Å². The van der Waals surface area contributed by atoms with E-state index in [9.17, 15) is 14.0 Å². The fourth-order valence-electron chi connectivity index (χ4n) is 3.01. The van der Waals surface area contributed by atoms with Gasteiger partial charge in [0.2, 0.25) is 5.91 Å². The molecule has 2 amide bonds. The molecule has 0 aliphatic heterocycles. The lowest BCUT2D eigenvalue weighted by Crippen LogP contribution is -2.48. The van der Waals surface area contributed by atoms with Crippen molar-refractivity contribution in [2.75, 3.05) is 13.7 Å². The van der Waals surface area contributed by atoms with Crippen LogP contribution in [0.25, 0.3) is 0 Å². The fourth-order valence-corrected chi connectivity index (χ4v) is 3.01. The van der Waals surface area contributed by atoms with Crippen molar-refractivity contribution in [1.29, 1.82) is 0 Å². The number of ether oxygens (including phenoxy) is 1. The molecule has 0 aliphatic rings. The molecular weight excluding hydrogens is 371 g/mol. The second-order valence-corrected chi connectivity index (χ2v) is 7.97. The van der Waals surface area contributed by atoms with Gasteiger partial charge in [0.15, 0.2) is 6.61 Å². The molecule has 0 saturated heterocycles. The number of hydrogen-bond acceptors (Lipinski definition) is 3. The lowest BCUT2D eigenvalue weighted by Gasteiger charge is -2.29. The fraction of sp³-hybridized carbons (Fsp3) is 0.391. The zero-order valence-corrected chi connectivity index (χ0v) is 17.7. The molecule has 0 saturated carbocycles. The molecule has 0 fully saturated rings. The Balaban J connectivity index is 2.19. The molecule has 1 N–H and O–H groups in total. The molecule has 1 atom stereocenters. The first-order chi connectivity index (χ1) is 13.6. The smallest absolute Gasteiger partial charge is 0.261 e. The van der Waals surface area contributed by atoms with E-state index >= 15 is 0 Å². The van der Waals surface area contributed by atoms with Crippen LogP contribution in [-0.4, -0.2) is 36.4 Å². The van der Waals surface area contributed by atoms with Crippen LogP contribution in [0.2, 0.25) is 0 Å². The number of benzene rings is 2. The van der Waals surface area contributed by atoms with E-state index in [2.05, 4.69) is 26.1 Å². The molecule has 2 aromatic carbocycles. The first-order valence-corrected chi connectivity index (χ1v) is 9.61. The van der Waals surface area contributed by atoms with Gasteiger partial charge in [0.05, 0.1) is 0 Å². The van der Waals surface area contributed by atoms with Gasteiger partial charge >= 0.3 is 0 Å². The molecule has 2 rings (SSSR count). The zero-order chi connectivity index (χ0) is 21.6. The topological polar surface area (TPSA) is 58.6 Å². The number of para-hydroxylation sites is 1. The molecule has 0 spiro atoms. The Morgan fingerprint density at radius 3 is 2.31 bits per heavy atom. The van der Waals surface area contributed by atoms with Crippen LogP contribution in [0.1, 0.15) is 38.8 Å². The SMILES string of the molecule is CNC(=O)[C@@H](C)N(Cc1ccc(F)cc1)C(=O)COc1ccccc1C(C)(C)C. The van der Waals surface area contributed by atoms with Crippen LogP contribution in [0.4, 0.5) is 4.39 Å². The Kier molecular flexibility index (Phi) is 7.37. The highest BCUT2D eigenvalue weighted by Crippen LogP contribution is 2.31. The zero-order valence-electron chi connectivity index (χ0n) is 17.7. The predicted octanol–water partition coefficient (Wildman–Crippen LogP) is 3.67. The number of carbonyl (C=O) groups is 2.